The van der Waals surface area contributed by atoms with Crippen molar-refractivity contribution in [1.29, 1.82) is 0 Å². The van der Waals surface area contributed by atoms with E-state index in [2.05, 4.69) is 90.3 Å². The van der Waals surface area contributed by atoms with Crippen molar-refractivity contribution in [2.24, 2.45) is 0 Å². The van der Waals surface area contributed by atoms with Crippen LogP contribution in [0.1, 0.15) is 37.0 Å². The molecule has 0 aliphatic rings. The fourth-order valence-electron chi connectivity index (χ4n) is 3.79. The molecule has 144 valence electrons. The Hall–Kier alpha value is -2.10. The van der Waals surface area contributed by atoms with E-state index in [1.54, 1.807) is 0 Å². The van der Waals surface area contributed by atoms with E-state index in [1.165, 1.54) is 40.6 Å². The van der Waals surface area contributed by atoms with Crippen molar-refractivity contribution in [1.82, 2.24) is 14.8 Å². The predicted octanol–water partition coefficient (Wildman–Crippen LogP) is 4.82. The van der Waals surface area contributed by atoms with Gasteiger partial charge in [0.15, 0.2) is 0 Å². The number of aryl methyl sites for hydroxylation is 1. The molecule has 3 nitrogen and oxygen atoms in total. The molecule has 0 bridgehead atoms. The van der Waals surface area contributed by atoms with Crippen LogP contribution in [0.15, 0.2) is 54.7 Å². The molecular formula is C24H33N3. The van der Waals surface area contributed by atoms with Gasteiger partial charge in [0.2, 0.25) is 0 Å². The molecule has 1 N–H and O–H groups in total. The Balaban J connectivity index is 1.66. The van der Waals surface area contributed by atoms with E-state index in [4.69, 9.17) is 0 Å². The molecule has 1 aromatic heterocycles. The number of rotatable bonds is 10. The topological polar surface area (TPSA) is 20.2 Å². The molecular weight excluding hydrogens is 330 g/mol. The quantitative estimate of drug-likeness (QED) is 0.521. The first-order valence-electron chi connectivity index (χ1n) is 10.3. The Morgan fingerprint density at radius 2 is 1.81 bits per heavy atom. The van der Waals surface area contributed by atoms with Crippen LogP contribution < -0.4 is 5.32 Å². The van der Waals surface area contributed by atoms with Crippen molar-refractivity contribution in [2.75, 3.05) is 26.2 Å². The largest absolute Gasteiger partial charge is 0.343 e. The van der Waals surface area contributed by atoms with Gasteiger partial charge in [-0.25, -0.2) is 0 Å². The molecule has 3 rings (SSSR count). The summed E-state index contributed by atoms with van der Waals surface area (Å²) in [6, 6.07) is 17.6. The third-order valence-corrected chi connectivity index (χ3v) is 5.34. The number of nitrogens with zero attached hydrogens (tertiary/aromatic N) is 2. The smallest absolute Gasteiger partial charge is 0.0486 e. The average Bonchev–Trinajstić information content (AvgIpc) is 3.02. The second-order valence-electron chi connectivity index (χ2n) is 7.35. The molecule has 3 aromatic rings. The lowest BCUT2D eigenvalue weighted by atomic mass is 10.1. The summed E-state index contributed by atoms with van der Waals surface area (Å²) in [4.78, 5) is 2.48. The number of aromatic nitrogens is 1. The third-order valence-electron chi connectivity index (χ3n) is 5.34. The molecule has 0 aliphatic heterocycles. The number of nitrogens with one attached hydrogen (secondary N) is 1. The van der Waals surface area contributed by atoms with Gasteiger partial charge in [-0.1, -0.05) is 61.9 Å². The highest BCUT2D eigenvalue weighted by Crippen LogP contribution is 2.22. The Bertz CT molecular complexity index is 846. The molecule has 0 amide bonds. The van der Waals surface area contributed by atoms with Gasteiger partial charge >= 0.3 is 0 Å². The van der Waals surface area contributed by atoms with Crippen molar-refractivity contribution in [3.8, 4) is 0 Å². The molecule has 2 aromatic carbocycles. The van der Waals surface area contributed by atoms with Crippen LogP contribution in [-0.4, -0.2) is 35.6 Å². The minimum atomic E-state index is 0.921. The molecule has 0 radical (unpaired) electrons. The Morgan fingerprint density at radius 3 is 2.59 bits per heavy atom. The fraction of sp³-hybridized carbons (Fsp3) is 0.417. The van der Waals surface area contributed by atoms with Gasteiger partial charge in [-0.15, -0.1) is 0 Å². The summed E-state index contributed by atoms with van der Waals surface area (Å²) < 4.78 is 2.39. The van der Waals surface area contributed by atoms with Gasteiger partial charge in [-0.3, -0.25) is 0 Å². The number of fused-ring (bicyclic) bond motifs is 1. The van der Waals surface area contributed by atoms with Crippen molar-refractivity contribution in [3.05, 3.63) is 71.4 Å². The van der Waals surface area contributed by atoms with Gasteiger partial charge in [0, 0.05) is 30.2 Å². The number of hydrogen-bond donors (Lipinski definition) is 1. The summed E-state index contributed by atoms with van der Waals surface area (Å²) in [6.07, 6.45) is 3.52. The van der Waals surface area contributed by atoms with Gasteiger partial charge in [0.05, 0.1) is 0 Å². The summed E-state index contributed by atoms with van der Waals surface area (Å²) in [5, 5.41) is 5.01. The molecule has 3 heteroatoms. The van der Waals surface area contributed by atoms with Gasteiger partial charge in [-0.05, 0) is 56.7 Å². The molecule has 0 unspecified atom stereocenters. The van der Waals surface area contributed by atoms with Crippen LogP contribution in [0.3, 0.4) is 0 Å². The Labute approximate surface area is 164 Å². The zero-order chi connectivity index (χ0) is 19.1. The van der Waals surface area contributed by atoms with E-state index in [1.807, 2.05) is 0 Å². The first-order valence-corrected chi connectivity index (χ1v) is 10.3. The predicted molar refractivity (Wildman–Crippen MR) is 116 cm³/mol. The fourth-order valence-corrected chi connectivity index (χ4v) is 3.79. The Kier molecular flexibility index (Phi) is 7.08. The van der Waals surface area contributed by atoms with Gasteiger partial charge in [-0.2, -0.15) is 0 Å². The summed E-state index contributed by atoms with van der Waals surface area (Å²) >= 11 is 0. The molecule has 0 saturated heterocycles. The highest BCUT2D eigenvalue weighted by molar-refractivity contribution is 5.84. The molecule has 0 atom stereocenters. The van der Waals surface area contributed by atoms with E-state index >= 15 is 0 Å². The standard InChI is InChI=1S/C24H33N3/c1-4-26(5-2)15-9-14-25-17-22-19-27(24-13-7-6-12-23(22)24)18-21-11-8-10-20(3)16-21/h6-8,10-13,16,19,25H,4-5,9,14-15,17-18H2,1-3H3. The van der Waals surface area contributed by atoms with Crippen molar-refractivity contribution < 1.29 is 0 Å². The number of benzene rings is 2. The van der Waals surface area contributed by atoms with E-state index in [-0.39, 0.29) is 0 Å². The number of para-hydroxylation sites is 1. The summed E-state index contributed by atoms with van der Waals surface area (Å²) in [7, 11) is 0. The summed E-state index contributed by atoms with van der Waals surface area (Å²) in [6.45, 7) is 13.0. The minimum absolute atomic E-state index is 0.921. The molecule has 0 aliphatic carbocycles. The maximum atomic E-state index is 3.64. The first-order chi connectivity index (χ1) is 13.2. The first kappa shape index (κ1) is 19.7. The van der Waals surface area contributed by atoms with Gasteiger partial charge in [0.1, 0.15) is 0 Å². The highest BCUT2D eigenvalue weighted by Gasteiger charge is 2.08. The van der Waals surface area contributed by atoms with E-state index in [0.717, 1.165) is 32.7 Å². The minimum Gasteiger partial charge on any atom is -0.343 e. The van der Waals surface area contributed by atoms with E-state index in [9.17, 15) is 0 Å². The second kappa shape index (κ2) is 9.72. The average molecular weight is 364 g/mol. The normalized spacial score (nSPS) is 11.6. The summed E-state index contributed by atoms with van der Waals surface area (Å²) in [5.41, 5.74) is 5.38. The van der Waals surface area contributed by atoms with E-state index < -0.39 is 0 Å². The van der Waals surface area contributed by atoms with Crippen LogP contribution in [0, 0.1) is 6.92 Å². The molecule has 0 fully saturated rings. The molecule has 0 spiro atoms. The van der Waals surface area contributed by atoms with Gasteiger partial charge in [0.25, 0.3) is 0 Å². The van der Waals surface area contributed by atoms with Crippen molar-refractivity contribution in [2.45, 2.75) is 40.3 Å². The number of hydrogen-bond acceptors (Lipinski definition) is 2. The van der Waals surface area contributed by atoms with Crippen LogP contribution >= 0.6 is 0 Å². The van der Waals surface area contributed by atoms with Crippen molar-refractivity contribution >= 4 is 10.9 Å². The van der Waals surface area contributed by atoms with Crippen LogP contribution in [0.5, 0.6) is 0 Å². The maximum Gasteiger partial charge on any atom is 0.0486 e. The zero-order valence-electron chi connectivity index (χ0n) is 17.0. The highest BCUT2D eigenvalue weighted by atomic mass is 15.1. The lowest BCUT2D eigenvalue weighted by Gasteiger charge is -2.17. The maximum absolute atomic E-state index is 3.64. The van der Waals surface area contributed by atoms with Crippen LogP contribution in [0.2, 0.25) is 0 Å². The van der Waals surface area contributed by atoms with Crippen LogP contribution in [0.25, 0.3) is 10.9 Å². The van der Waals surface area contributed by atoms with Crippen LogP contribution in [0.4, 0.5) is 0 Å². The molecule has 27 heavy (non-hydrogen) atoms. The second-order valence-corrected chi connectivity index (χ2v) is 7.35. The lowest BCUT2D eigenvalue weighted by Crippen LogP contribution is -2.27. The SMILES string of the molecule is CCN(CC)CCCNCc1cn(Cc2cccc(C)c2)c2ccccc12. The van der Waals surface area contributed by atoms with Gasteiger partial charge < -0.3 is 14.8 Å². The monoisotopic (exact) mass is 363 g/mol. The third kappa shape index (κ3) is 5.21. The lowest BCUT2D eigenvalue weighted by molar-refractivity contribution is 0.298. The molecule has 1 heterocycles. The zero-order valence-corrected chi connectivity index (χ0v) is 17.0. The molecule has 0 saturated carbocycles. The van der Waals surface area contributed by atoms with E-state index in [0.29, 0.717) is 0 Å². The van der Waals surface area contributed by atoms with Crippen LogP contribution in [-0.2, 0) is 13.1 Å². The summed E-state index contributed by atoms with van der Waals surface area (Å²) in [5.74, 6) is 0. The van der Waals surface area contributed by atoms with Crippen molar-refractivity contribution in [3.63, 3.8) is 0 Å². The Morgan fingerprint density at radius 1 is 1.00 bits per heavy atom.